The third kappa shape index (κ3) is 9.21. The van der Waals surface area contributed by atoms with Crippen molar-refractivity contribution in [3.63, 3.8) is 0 Å². The molecule has 0 unspecified atom stereocenters. The lowest BCUT2D eigenvalue weighted by Crippen LogP contribution is -1.99. The van der Waals surface area contributed by atoms with E-state index in [1.54, 1.807) is 0 Å². The van der Waals surface area contributed by atoms with Crippen LogP contribution in [-0.4, -0.2) is 12.6 Å². The summed E-state index contributed by atoms with van der Waals surface area (Å²) in [5, 5.41) is 0. The lowest BCUT2D eigenvalue weighted by atomic mass is 10.2. The number of rotatable bonds is 6. The molecule has 0 atom stereocenters. The maximum Gasteiger partial charge on any atom is 0.302 e. The molecule has 0 aromatic carbocycles. The van der Waals surface area contributed by atoms with Gasteiger partial charge in [-0.15, -0.1) is 0 Å². The summed E-state index contributed by atoms with van der Waals surface area (Å²) in [6, 6.07) is 0. The van der Waals surface area contributed by atoms with Gasteiger partial charge in [0.2, 0.25) is 0 Å². The fraction of sp³-hybridized carbons (Fsp3) is 0.700. The molecule has 0 saturated carbocycles. The van der Waals surface area contributed by atoms with Gasteiger partial charge >= 0.3 is 5.97 Å². The van der Waals surface area contributed by atoms with Crippen molar-refractivity contribution < 1.29 is 9.53 Å². The van der Waals surface area contributed by atoms with Gasteiger partial charge in [-0.05, 0) is 19.3 Å². The second-order valence-corrected chi connectivity index (χ2v) is 2.74. The highest BCUT2D eigenvalue weighted by Crippen LogP contribution is 1.95. The summed E-state index contributed by atoms with van der Waals surface area (Å²) in [6.07, 6.45) is 8.60. The Hall–Kier alpha value is -0.790. The van der Waals surface area contributed by atoms with Crippen molar-refractivity contribution in [2.45, 2.75) is 39.5 Å². The number of esters is 1. The first-order valence-electron chi connectivity index (χ1n) is 4.55. The van der Waals surface area contributed by atoms with Crippen LogP contribution >= 0.6 is 0 Å². The van der Waals surface area contributed by atoms with E-state index in [0.717, 1.165) is 19.3 Å². The Kier molecular flexibility index (Phi) is 7.76. The molecular formula is C10H18O2. The molecule has 2 heteroatoms. The van der Waals surface area contributed by atoms with Gasteiger partial charge in [-0.2, -0.15) is 0 Å². The molecule has 0 amide bonds. The number of ether oxygens (including phenoxy) is 1. The van der Waals surface area contributed by atoms with Gasteiger partial charge in [-0.25, -0.2) is 0 Å². The van der Waals surface area contributed by atoms with Gasteiger partial charge in [0.15, 0.2) is 0 Å². The average Bonchev–Trinajstić information content (AvgIpc) is 2.02. The number of hydrogen-bond acceptors (Lipinski definition) is 2. The van der Waals surface area contributed by atoms with Crippen molar-refractivity contribution in [1.29, 1.82) is 0 Å². The highest BCUT2D eigenvalue weighted by Gasteiger charge is 1.89. The first-order valence-corrected chi connectivity index (χ1v) is 4.55. The molecule has 0 aromatic heterocycles. The van der Waals surface area contributed by atoms with Crippen LogP contribution in [0.2, 0.25) is 0 Å². The quantitative estimate of drug-likeness (QED) is 0.348. The van der Waals surface area contributed by atoms with Crippen LogP contribution in [0.1, 0.15) is 39.5 Å². The Morgan fingerprint density at radius 3 is 2.58 bits per heavy atom. The lowest BCUT2D eigenvalue weighted by Gasteiger charge is -1.97. The zero-order chi connectivity index (χ0) is 9.23. The van der Waals surface area contributed by atoms with E-state index in [0.29, 0.717) is 6.61 Å². The summed E-state index contributed by atoms with van der Waals surface area (Å²) in [5.74, 6) is -0.187. The molecule has 12 heavy (non-hydrogen) atoms. The molecular weight excluding hydrogens is 152 g/mol. The highest BCUT2D eigenvalue weighted by molar-refractivity contribution is 5.65. The van der Waals surface area contributed by atoms with Crippen LogP contribution in [0.25, 0.3) is 0 Å². The summed E-state index contributed by atoms with van der Waals surface area (Å²) in [4.78, 5) is 10.3. The molecule has 0 radical (unpaired) electrons. The molecule has 0 N–H and O–H groups in total. The summed E-state index contributed by atoms with van der Waals surface area (Å²) in [5.41, 5.74) is 0. The van der Waals surface area contributed by atoms with E-state index in [4.69, 9.17) is 4.74 Å². The molecule has 0 aliphatic carbocycles. The third-order valence-corrected chi connectivity index (χ3v) is 1.44. The van der Waals surface area contributed by atoms with E-state index in [1.165, 1.54) is 13.3 Å². The lowest BCUT2D eigenvalue weighted by molar-refractivity contribution is -0.141. The second kappa shape index (κ2) is 8.31. The normalized spacial score (nSPS) is 10.5. The number of hydrogen-bond donors (Lipinski definition) is 0. The van der Waals surface area contributed by atoms with Crippen molar-refractivity contribution in [3.8, 4) is 0 Å². The van der Waals surface area contributed by atoms with Crippen molar-refractivity contribution in [3.05, 3.63) is 12.2 Å². The topological polar surface area (TPSA) is 26.3 Å². The molecule has 70 valence electrons. The van der Waals surface area contributed by atoms with E-state index in [1.807, 2.05) is 0 Å². The van der Waals surface area contributed by atoms with E-state index >= 15 is 0 Å². The summed E-state index contributed by atoms with van der Waals surface area (Å²) in [6.45, 7) is 4.14. The smallest absolute Gasteiger partial charge is 0.302 e. The molecule has 0 spiro atoms. The molecule has 0 heterocycles. The Bertz CT molecular complexity index is 139. The van der Waals surface area contributed by atoms with Crippen LogP contribution < -0.4 is 0 Å². The number of unbranched alkanes of at least 4 members (excludes halogenated alkanes) is 2. The molecule has 0 bridgehead atoms. The van der Waals surface area contributed by atoms with Gasteiger partial charge in [0, 0.05) is 6.92 Å². The first kappa shape index (κ1) is 11.2. The zero-order valence-corrected chi connectivity index (χ0v) is 8.01. The van der Waals surface area contributed by atoms with Gasteiger partial charge in [-0.3, -0.25) is 4.79 Å². The van der Waals surface area contributed by atoms with E-state index in [9.17, 15) is 4.79 Å². The molecule has 2 nitrogen and oxygen atoms in total. The van der Waals surface area contributed by atoms with Crippen LogP contribution in [0.4, 0.5) is 0 Å². The largest absolute Gasteiger partial charge is 0.466 e. The fourth-order valence-corrected chi connectivity index (χ4v) is 0.819. The summed E-state index contributed by atoms with van der Waals surface area (Å²) in [7, 11) is 0. The Labute approximate surface area is 74.6 Å². The van der Waals surface area contributed by atoms with Gasteiger partial charge < -0.3 is 4.74 Å². The van der Waals surface area contributed by atoms with Crippen LogP contribution in [0.15, 0.2) is 12.2 Å². The summed E-state index contributed by atoms with van der Waals surface area (Å²) < 4.78 is 4.78. The van der Waals surface area contributed by atoms with E-state index in [2.05, 4.69) is 19.1 Å². The number of carbonyl (C=O) groups is 1. The van der Waals surface area contributed by atoms with Crippen LogP contribution in [0, 0.1) is 0 Å². The van der Waals surface area contributed by atoms with E-state index < -0.39 is 0 Å². The minimum Gasteiger partial charge on any atom is -0.466 e. The van der Waals surface area contributed by atoms with Crippen LogP contribution in [0.5, 0.6) is 0 Å². The predicted molar refractivity (Wildman–Crippen MR) is 49.9 cm³/mol. The molecule has 0 aliphatic heterocycles. The summed E-state index contributed by atoms with van der Waals surface area (Å²) >= 11 is 0. The van der Waals surface area contributed by atoms with Crippen molar-refractivity contribution in [2.75, 3.05) is 6.61 Å². The number of carbonyl (C=O) groups excluding carboxylic acids is 1. The van der Waals surface area contributed by atoms with Crippen molar-refractivity contribution in [2.24, 2.45) is 0 Å². The monoisotopic (exact) mass is 170 g/mol. The SMILES string of the molecule is CCC/C=C\CCCOC(C)=O. The third-order valence-electron chi connectivity index (χ3n) is 1.44. The Morgan fingerprint density at radius 2 is 2.00 bits per heavy atom. The average molecular weight is 170 g/mol. The molecule has 0 saturated heterocycles. The first-order chi connectivity index (χ1) is 5.77. The van der Waals surface area contributed by atoms with Gasteiger partial charge in [-0.1, -0.05) is 25.5 Å². The maximum absolute atomic E-state index is 10.3. The van der Waals surface area contributed by atoms with Crippen LogP contribution in [-0.2, 0) is 9.53 Å². The molecule has 0 aromatic rings. The molecule has 0 fully saturated rings. The van der Waals surface area contributed by atoms with Crippen LogP contribution in [0.3, 0.4) is 0 Å². The second-order valence-electron chi connectivity index (χ2n) is 2.74. The minimum atomic E-state index is -0.187. The minimum absolute atomic E-state index is 0.187. The molecule has 0 rings (SSSR count). The highest BCUT2D eigenvalue weighted by atomic mass is 16.5. The van der Waals surface area contributed by atoms with Crippen molar-refractivity contribution >= 4 is 5.97 Å². The fourth-order valence-electron chi connectivity index (χ4n) is 0.819. The zero-order valence-electron chi connectivity index (χ0n) is 8.01. The van der Waals surface area contributed by atoms with Gasteiger partial charge in [0.25, 0.3) is 0 Å². The van der Waals surface area contributed by atoms with E-state index in [-0.39, 0.29) is 5.97 Å². The van der Waals surface area contributed by atoms with Gasteiger partial charge in [0.05, 0.1) is 6.61 Å². The Balaban J connectivity index is 3.05. The standard InChI is InChI=1S/C10H18O2/c1-3-4-5-6-7-8-9-12-10(2)11/h5-6H,3-4,7-9H2,1-2H3/b6-5-. The van der Waals surface area contributed by atoms with Crippen molar-refractivity contribution in [1.82, 2.24) is 0 Å². The Morgan fingerprint density at radius 1 is 1.33 bits per heavy atom. The number of allylic oxidation sites excluding steroid dienone is 2. The maximum atomic E-state index is 10.3. The molecule has 0 aliphatic rings. The van der Waals surface area contributed by atoms with Gasteiger partial charge in [0.1, 0.15) is 0 Å². The predicted octanol–water partition coefficient (Wildman–Crippen LogP) is 2.69.